The first-order chi connectivity index (χ1) is 5.65. The van der Waals surface area contributed by atoms with Crippen molar-refractivity contribution in [3.05, 3.63) is 11.4 Å². The van der Waals surface area contributed by atoms with E-state index in [2.05, 4.69) is 15.5 Å². The van der Waals surface area contributed by atoms with Gasteiger partial charge in [-0.05, 0) is 19.8 Å². The third-order valence-electron chi connectivity index (χ3n) is 1.50. The fourth-order valence-corrected chi connectivity index (χ4v) is 0.885. The molecule has 1 aromatic rings. The molecule has 0 fully saturated rings. The van der Waals surface area contributed by atoms with Gasteiger partial charge in [0.2, 0.25) is 0 Å². The van der Waals surface area contributed by atoms with Gasteiger partial charge in [0.15, 0.2) is 0 Å². The lowest BCUT2D eigenvalue weighted by Crippen LogP contribution is -2.09. The SMILES string of the molecule is C#CC(=O)Nc1c(C)n[nH]c1C. The molecule has 0 saturated heterocycles. The van der Waals surface area contributed by atoms with Crippen molar-refractivity contribution in [2.45, 2.75) is 13.8 Å². The van der Waals surface area contributed by atoms with Gasteiger partial charge in [-0.3, -0.25) is 9.89 Å². The molecule has 0 aliphatic carbocycles. The van der Waals surface area contributed by atoms with Gasteiger partial charge in [-0.2, -0.15) is 5.10 Å². The average Bonchev–Trinajstić information content (AvgIpc) is 2.35. The van der Waals surface area contributed by atoms with Gasteiger partial charge in [0.25, 0.3) is 5.91 Å². The predicted octanol–water partition coefficient (Wildman–Crippen LogP) is 0.598. The summed E-state index contributed by atoms with van der Waals surface area (Å²) in [5.41, 5.74) is 2.20. The number of aromatic nitrogens is 2. The highest BCUT2D eigenvalue weighted by molar-refractivity contribution is 6.04. The number of H-pyrrole nitrogens is 1. The molecule has 0 aliphatic rings. The Kier molecular flexibility index (Phi) is 2.15. The molecule has 4 nitrogen and oxygen atoms in total. The van der Waals surface area contributed by atoms with Gasteiger partial charge in [0.1, 0.15) is 0 Å². The Morgan fingerprint density at radius 1 is 1.67 bits per heavy atom. The number of aromatic amines is 1. The van der Waals surface area contributed by atoms with Crippen molar-refractivity contribution < 1.29 is 4.79 Å². The summed E-state index contributed by atoms with van der Waals surface area (Å²) in [6, 6.07) is 0. The molecule has 1 amide bonds. The number of carbonyl (C=O) groups excluding carboxylic acids is 1. The summed E-state index contributed by atoms with van der Waals surface area (Å²) in [7, 11) is 0. The van der Waals surface area contributed by atoms with Crippen LogP contribution < -0.4 is 5.32 Å². The van der Waals surface area contributed by atoms with Crippen molar-refractivity contribution in [1.82, 2.24) is 10.2 Å². The van der Waals surface area contributed by atoms with E-state index in [9.17, 15) is 4.79 Å². The Labute approximate surface area is 70.4 Å². The summed E-state index contributed by atoms with van der Waals surface area (Å²) in [5.74, 6) is 1.51. The van der Waals surface area contributed by atoms with E-state index in [0.29, 0.717) is 5.69 Å². The number of hydrogen-bond acceptors (Lipinski definition) is 2. The van der Waals surface area contributed by atoms with Gasteiger partial charge < -0.3 is 5.32 Å². The minimum Gasteiger partial charge on any atom is -0.312 e. The normalized spacial score (nSPS) is 9.08. The minimum atomic E-state index is -0.456. The molecule has 12 heavy (non-hydrogen) atoms. The quantitative estimate of drug-likeness (QED) is 0.595. The second-order valence-corrected chi connectivity index (χ2v) is 2.41. The zero-order valence-electron chi connectivity index (χ0n) is 6.93. The van der Waals surface area contributed by atoms with Crippen LogP contribution in [-0.4, -0.2) is 16.1 Å². The third-order valence-corrected chi connectivity index (χ3v) is 1.50. The standard InChI is InChI=1S/C8H9N3O/c1-4-7(12)9-8-5(2)10-11-6(8)3/h1H,2-3H3,(H,9,12)(H,10,11). The smallest absolute Gasteiger partial charge is 0.300 e. The second-order valence-electron chi connectivity index (χ2n) is 2.41. The lowest BCUT2D eigenvalue weighted by Gasteiger charge is -1.98. The lowest BCUT2D eigenvalue weighted by molar-refractivity contribution is -0.111. The van der Waals surface area contributed by atoms with E-state index < -0.39 is 5.91 Å². The molecule has 4 heteroatoms. The van der Waals surface area contributed by atoms with Gasteiger partial charge in [0, 0.05) is 0 Å². The molecule has 0 aliphatic heterocycles. The minimum absolute atomic E-state index is 0.456. The van der Waals surface area contributed by atoms with E-state index in [1.54, 1.807) is 6.92 Å². The number of amides is 1. The van der Waals surface area contributed by atoms with Crippen LogP contribution in [0.1, 0.15) is 11.4 Å². The number of hydrogen-bond donors (Lipinski definition) is 2. The van der Waals surface area contributed by atoms with E-state index in [4.69, 9.17) is 6.42 Å². The Balaban J connectivity index is 2.90. The number of carbonyl (C=O) groups is 1. The molecule has 1 rings (SSSR count). The van der Waals surface area contributed by atoms with Crippen molar-refractivity contribution in [2.24, 2.45) is 0 Å². The largest absolute Gasteiger partial charge is 0.312 e. The topological polar surface area (TPSA) is 57.8 Å². The summed E-state index contributed by atoms with van der Waals surface area (Å²) >= 11 is 0. The Bertz CT molecular complexity index is 326. The van der Waals surface area contributed by atoms with Crippen molar-refractivity contribution in [3.8, 4) is 12.3 Å². The number of aryl methyl sites for hydroxylation is 2. The van der Waals surface area contributed by atoms with Crippen LogP contribution in [0.25, 0.3) is 0 Å². The van der Waals surface area contributed by atoms with Crippen LogP contribution in [0.2, 0.25) is 0 Å². The number of anilines is 1. The van der Waals surface area contributed by atoms with Crippen molar-refractivity contribution >= 4 is 11.6 Å². The van der Waals surface area contributed by atoms with Crippen LogP contribution in [0, 0.1) is 26.2 Å². The Morgan fingerprint density at radius 2 is 2.33 bits per heavy atom. The van der Waals surface area contributed by atoms with Crippen LogP contribution in [0.5, 0.6) is 0 Å². The molecule has 0 radical (unpaired) electrons. The Morgan fingerprint density at radius 3 is 2.75 bits per heavy atom. The molecule has 0 unspecified atom stereocenters. The number of nitrogens with one attached hydrogen (secondary N) is 2. The number of terminal acetylenes is 1. The molecule has 0 bridgehead atoms. The van der Waals surface area contributed by atoms with Crippen LogP contribution in [0.4, 0.5) is 5.69 Å². The number of nitrogens with zero attached hydrogens (tertiary/aromatic N) is 1. The third kappa shape index (κ3) is 1.45. The summed E-state index contributed by atoms with van der Waals surface area (Å²) in [4.78, 5) is 10.8. The Hall–Kier alpha value is -1.76. The molecule has 0 aromatic carbocycles. The monoisotopic (exact) mass is 163 g/mol. The lowest BCUT2D eigenvalue weighted by atomic mass is 10.3. The van der Waals surface area contributed by atoms with E-state index in [-0.39, 0.29) is 0 Å². The molecule has 62 valence electrons. The molecule has 2 N–H and O–H groups in total. The number of rotatable bonds is 1. The first-order valence-electron chi connectivity index (χ1n) is 3.44. The fourth-order valence-electron chi connectivity index (χ4n) is 0.885. The summed E-state index contributed by atoms with van der Waals surface area (Å²) in [6.07, 6.45) is 4.90. The first-order valence-corrected chi connectivity index (χ1v) is 3.44. The molecule has 1 heterocycles. The maximum Gasteiger partial charge on any atom is 0.300 e. The molecule has 0 spiro atoms. The first kappa shape index (κ1) is 8.34. The summed E-state index contributed by atoms with van der Waals surface area (Å²) in [6.45, 7) is 3.60. The fraction of sp³-hybridized carbons (Fsp3) is 0.250. The zero-order chi connectivity index (χ0) is 9.14. The van der Waals surface area contributed by atoms with Crippen LogP contribution >= 0.6 is 0 Å². The zero-order valence-corrected chi connectivity index (χ0v) is 6.93. The van der Waals surface area contributed by atoms with Crippen molar-refractivity contribution in [3.63, 3.8) is 0 Å². The molecular formula is C8H9N3O. The van der Waals surface area contributed by atoms with Crippen molar-refractivity contribution in [2.75, 3.05) is 5.32 Å². The van der Waals surface area contributed by atoms with E-state index in [1.807, 2.05) is 12.8 Å². The maximum atomic E-state index is 10.8. The average molecular weight is 163 g/mol. The molecule has 0 atom stereocenters. The molecular weight excluding hydrogens is 154 g/mol. The highest BCUT2D eigenvalue weighted by Gasteiger charge is 2.07. The highest BCUT2D eigenvalue weighted by atomic mass is 16.1. The highest BCUT2D eigenvalue weighted by Crippen LogP contribution is 2.15. The van der Waals surface area contributed by atoms with Gasteiger partial charge >= 0.3 is 0 Å². The predicted molar refractivity (Wildman–Crippen MR) is 45.5 cm³/mol. The van der Waals surface area contributed by atoms with Crippen molar-refractivity contribution in [1.29, 1.82) is 0 Å². The van der Waals surface area contributed by atoms with Gasteiger partial charge in [-0.1, -0.05) is 0 Å². The van der Waals surface area contributed by atoms with E-state index in [0.717, 1.165) is 11.4 Å². The van der Waals surface area contributed by atoms with Gasteiger partial charge in [-0.15, -0.1) is 6.42 Å². The van der Waals surface area contributed by atoms with Crippen LogP contribution in [0.15, 0.2) is 0 Å². The van der Waals surface area contributed by atoms with E-state index >= 15 is 0 Å². The van der Waals surface area contributed by atoms with Gasteiger partial charge in [0.05, 0.1) is 17.1 Å². The molecule has 0 saturated carbocycles. The van der Waals surface area contributed by atoms with Crippen LogP contribution in [-0.2, 0) is 4.79 Å². The van der Waals surface area contributed by atoms with E-state index in [1.165, 1.54) is 0 Å². The second kappa shape index (κ2) is 3.09. The summed E-state index contributed by atoms with van der Waals surface area (Å²) < 4.78 is 0. The van der Waals surface area contributed by atoms with Crippen LogP contribution in [0.3, 0.4) is 0 Å². The summed E-state index contributed by atoms with van der Waals surface area (Å²) in [5, 5.41) is 9.17. The maximum absolute atomic E-state index is 10.8. The molecule has 1 aromatic heterocycles. The van der Waals surface area contributed by atoms with Gasteiger partial charge in [-0.25, -0.2) is 0 Å².